The molecule has 0 spiro atoms. The van der Waals surface area contributed by atoms with Crippen molar-refractivity contribution in [2.45, 2.75) is 0 Å². The molecule has 3 aromatic rings. The van der Waals surface area contributed by atoms with Gasteiger partial charge in [0.2, 0.25) is 0 Å². The molecule has 0 aliphatic heterocycles. The number of H-pyrrole nitrogens is 1. The first kappa shape index (κ1) is 15.5. The lowest BCUT2D eigenvalue weighted by molar-refractivity contribution is 0.0695. The Hall–Kier alpha value is -3.41. The first-order valence-electron chi connectivity index (χ1n) is 7.15. The van der Waals surface area contributed by atoms with Crippen LogP contribution in [0.5, 0.6) is 5.75 Å². The molecule has 0 amide bonds. The number of carboxylic acid groups (broad SMARTS) is 1. The van der Waals surface area contributed by atoms with E-state index in [-0.39, 0.29) is 5.56 Å². The van der Waals surface area contributed by atoms with Crippen LogP contribution in [0.25, 0.3) is 22.4 Å². The van der Waals surface area contributed by atoms with Crippen molar-refractivity contribution in [3.63, 3.8) is 0 Å². The molecule has 0 aliphatic carbocycles. The van der Waals surface area contributed by atoms with Crippen LogP contribution in [0.4, 0.5) is 0 Å². The fourth-order valence-electron chi connectivity index (χ4n) is 2.43. The minimum Gasteiger partial charge on any atom is -0.497 e. The van der Waals surface area contributed by atoms with Gasteiger partial charge in [-0.2, -0.15) is 0 Å². The summed E-state index contributed by atoms with van der Waals surface area (Å²) in [5, 5.41) is 9.23. The molecule has 0 saturated carbocycles. The highest BCUT2D eigenvalue weighted by molar-refractivity contribution is 5.91. The summed E-state index contributed by atoms with van der Waals surface area (Å²) < 4.78 is 5.14. The second-order valence-corrected chi connectivity index (χ2v) is 5.07. The zero-order chi connectivity index (χ0) is 17.1. The number of aromatic amines is 1. The number of pyridine rings is 2. The zero-order valence-corrected chi connectivity index (χ0v) is 12.8. The van der Waals surface area contributed by atoms with Crippen LogP contribution in [0.2, 0.25) is 0 Å². The Balaban J connectivity index is 2.26. The topological polar surface area (TPSA) is 92.3 Å². The van der Waals surface area contributed by atoms with Gasteiger partial charge in [-0.05, 0) is 35.9 Å². The molecule has 2 N–H and O–H groups in total. The van der Waals surface area contributed by atoms with Crippen molar-refractivity contribution in [3.05, 3.63) is 70.8 Å². The highest BCUT2D eigenvalue weighted by atomic mass is 16.5. The van der Waals surface area contributed by atoms with Gasteiger partial charge in [0.05, 0.1) is 12.8 Å². The molecule has 1 aromatic carbocycles. The minimum atomic E-state index is -1.27. The molecule has 0 fully saturated rings. The van der Waals surface area contributed by atoms with Crippen LogP contribution in [0.15, 0.2) is 59.7 Å². The normalized spacial score (nSPS) is 10.4. The molecule has 6 nitrogen and oxygen atoms in total. The summed E-state index contributed by atoms with van der Waals surface area (Å²) in [4.78, 5) is 30.0. The summed E-state index contributed by atoms with van der Waals surface area (Å²) in [6.07, 6.45) is 3.22. The smallest absolute Gasteiger partial charge is 0.341 e. The standard InChI is InChI=1S/C18H14N2O4/c1-24-13-4-2-11(3-5-13)14-10-15(18(22)23)17(21)20-16(14)12-6-8-19-9-7-12/h2-10H,1H3,(H,20,21)(H,22,23). The maximum atomic E-state index is 12.1. The largest absolute Gasteiger partial charge is 0.497 e. The predicted molar refractivity (Wildman–Crippen MR) is 89.2 cm³/mol. The number of methoxy groups -OCH3 is 1. The minimum absolute atomic E-state index is 0.307. The average Bonchev–Trinajstić information content (AvgIpc) is 2.62. The third kappa shape index (κ3) is 2.89. The summed E-state index contributed by atoms with van der Waals surface area (Å²) in [5.41, 5.74) is 1.70. The number of hydrogen-bond donors (Lipinski definition) is 2. The van der Waals surface area contributed by atoms with Gasteiger partial charge in [-0.3, -0.25) is 9.78 Å². The molecule has 0 bridgehead atoms. The van der Waals surface area contributed by atoms with Crippen molar-refractivity contribution in [1.82, 2.24) is 9.97 Å². The van der Waals surface area contributed by atoms with Gasteiger partial charge in [-0.15, -0.1) is 0 Å². The molecular weight excluding hydrogens is 308 g/mol. The number of benzene rings is 1. The highest BCUT2D eigenvalue weighted by Gasteiger charge is 2.16. The van der Waals surface area contributed by atoms with E-state index in [2.05, 4.69) is 9.97 Å². The summed E-state index contributed by atoms with van der Waals surface area (Å²) in [7, 11) is 1.57. The van der Waals surface area contributed by atoms with E-state index >= 15 is 0 Å². The Labute approximate surface area is 137 Å². The van der Waals surface area contributed by atoms with Gasteiger partial charge in [0, 0.05) is 23.5 Å². The lowest BCUT2D eigenvalue weighted by Crippen LogP contribution is -2.18. The van der Waals surface area contributed by atoms with Crippen LogP contribution in [-0.4, -0.2) is 28.2 Å². The van der Waals surface area contributed by atoms with Gasteiger partial charge in [-0.25, -0.2) is 4.79 Å². The molecule has 2 aromatic heterocycles. The number of aromatic nitrogens is 2. The van der Waals surface area contributed by atoms with Crippen molar-refractivity contribution < 1.29 is 14.6 Å². The molecule has 0 unspecified atom stereocenters. The maximum Gasteiger partial charge on any atom is 0.341 e. The monoisotopic (exact) mass is 322 g/mol. The highest BCUT2D eigenvalue weighted by Crippen LogP contribution is 2.31. The van der Waals surface area contributed by atoms with E-state index in [1.807, 2.05) is 12.1 Å². The van der Waals surface area contributed by atoms with E-state index in [0.717, 1.165) is 11.1 Å². The van der Waals surface area contributed by atoms with Crippen molar-refractivity contribution >= 4 is 5.97 Å². The average molecular weight is 322 g/mol. The second-order valence-electron chi connectivity index (χ2n) is 5.07. The van der Waals surface area contributed by atoms with E-state index in [0.29, 0.717) is 17.0 Å². The van der Waals surface area contributed by atoms with Crippen molar-refractivity contribution in [2.24, 2.45) is 0 Å². The number of hydrogen-bond acceptors (Lipinski definition) is 4. The van der Waals surface area contributed by atoms with Crippen molar-refractivity contribution in [1.29, 1.82) is 0 Å². The maximum absolute atomic E-state index is 12.1. The van der Waals surface area contributed by atoms with Gasteiger partial charge in [0.15, 0.2) is 0 Å². The van der Waals surface area contributed by atoms with E-state index in [9.17, 15) is 14.7 Å². The molecule has 2 heterocycles. The fourth-order valence-corrected chi connectivity index (χ4v) is 2.43. The Bertz CT molecular complexity index is 931. The molecule has 0 atom stereocenters. The van der Waals surface area contributed by atoms with Crippen LogP contribution in [-0.2, 0) is 0 Å². The molecule has 120 valence electrons. The molecule has 0 radical (unpaired) electrons. The number of nitrogens with zero attached hydrogens (tertiary/aromatic N) is 1. The predicted octanol–water partition coefficient (Wildman–Crippen LogP) is 2.81. The van der Waals surface area contributed by atoms with Gasteiger partial charge in [0.25, 0.3) is 5.56 Å². The first-order valence-corrected chi connectivity index (χ1v) is 7.15. The third-order valence-corrected chi connectivity index (χ3v) is 3.64. The van der Waals surface area contributed by atoms with Crippen molar-refractivity contribution in [2.75, 3.05) is 7.11 Å². The third-order valence-electron chi connectivity index (χ3n) is 3.64. The van der Waals surface area contributed by atoms with Gasteiger partial charge in [0.1, 0.15) is 11.3 Å². The van der Waals surface area contributed by atoms with E-state index in [1.54, 1.807) is 43.8 Å². The Morgan fingerprint density at radius 2 is 1.75 bits per heavy atom. The molecule has 24 heavy (non-hydrogen) atoms. The van der Waals surface area contributed by atoms with Crippen LogP contribution in [0, 0.1) is 0 Å². The van der Waals surface area contributed by atoms with Crippen LogP contribution < -0.4 is 10.3 Å². The Morgan fingerprint density at radius 1 is 1.08 bits per heavy atom. The van der Waals surface area contributed by atoms with Crippen LogP contribution in [0.1, 0.15) is 10.4 Å². The number of carbonyl (C=O) groups is 1. The van der Waals surface area contributed by atoms with E-state index in [4.69, 9.17) is 4.74 Å². The van der Waals surface area contributed by atoms with Crippen molar-refractivity contribution in [3.8, 4) is 28.1 Å². The van der Waals surface area contributed by atoms with E-state index < -0.39 is 11.5 Å². The van der Waals surface area contributed by atoms with Crippen LogP contribution >= 0.6 is 0 Å². The summed E-state index contributed by atoms with van der Waals surface area (Å²) in [6, 6.07) is 12.1. The lowest BCUT2D eigenvalue weighted by Gasteiger charge is -2.11. The molecule has 0 aliphatic rings. The van der Waals surface area contributed by atoms with Crippen LogP contribution in [0.3, 0.4) is 0 Å². The summed E-state index contributed by atoms with van der Waals surface area (Å²) >= 11 is 0. The van der Waals surface area contributed by atoms with Gasteiger partial charge in [-0.1, -0.05) is 12.1 Å². The Kier molecular flexibility index (Phi) is 4.11. The molecular formula is C18H14N2O4. The summed E-state index contributed by atoms with van der Waals surface area (Å²) in [6.45, 7) is 0. The number of nitrogens with one attached hydrogen (secondary N) is 1. The number of carboxylic acids is 1. The van der Waals surface area contributed by atoms with Gasteiger partial charge < -0.3 is 14.8 Å². The first-order chi connectivity index (χ1) is 11.6. The van der Waals surface area contributed by atoms with E-state index in [1.165, 1.54) is 6.07 Å². The fraction of sp³-hybridized carbons (Fsp3) is 0.0556. The SMILES string of the molecule is COc1ccc(-c2cc(C(=O)O)c(=O)[nH]c2-c2ccncc2)cc1. The zero-order valence-electron chi connectivity index (χ0n) is 12.8. The number of rotatable bonds is 4. The van der Waals surface area contributed by atoms with Gasteiger partial charge >= 0.3 is 5.97 Å². The number of aromatic carboxylic acids is 1. The quantitative estimate of drug-likeness (QED) is 0.770. The number of ether oxygens (including phenoxy) is 1. The second kappa shape index (κ2) is 6.37. The molecule has 6 heteroatoms. The molecule has 0 saturated heterocycles. The lowest BCUT2D eigenvalue weighted by atomic mass is 9.98. The molecule has 3 rings (SSSR count). The summed E-state index contributed by atoms with van der Waals surface area (Å²) in [5.74, 6) is -0.584. The Morgan fingerprint density at radius 3 is 2.33 bits per heavy atom.